The van der Waals surface area contributed by atoms with Gasteiger partial charge in [-0.1, -0.05) is 13.8 Å². The number of morpholine rings is 1. The van der Waals surface area contributed by atoms with Gasteiger partial charge < -0.3 is 15.0 Å². The highest BCUT2D eigenvalue weighted by molar-refractivity contribution is 5.82. The van der Waals surface area contributed by atoms with Gasteiger partial charge >= 0.3 is 0 Å². The molecule has 6 heteroatoms. The van der Waals surface area contributed by atoms with Crippen molar-refractivity contribution in [3.05, 3.63) is 0 Å². The molecule has 1 N–H and O–H groups in total. The van der Waals surface area contributed by atoms with Gasteiger partial charge in [0.25, 0.3) is 0 Å². The first-order valence-corrected chi connectivity index (χ1v) is 10.1. The second kappa shape index (κ2) is 8.33. The number of hydrogen-bond acceptors (Lipinski definition) is 5. The molecular weight excluding hydrogens is 316 g/mol. The van der Waals surface area contributed by atoms with Crippen LogP contribution < -0.4 is 5.32 Å². The van der Waals surface area contributed by atoms with Crippen LogP contribution in [0.15, 0.2) is 0 Å². The van der Waals surface area contributed by atoms with Gasteiger partial charge in [0, 0.05) is 58.4 Å². The van der Waals surface area contributed by atoms with Crippen molar-refractivity contribution >= 4 is 5.91 Å². The normalized spacial score (nSPS) is 33.8. The number of hydrogen-bond donors (Lipinski definition) is 1. The van der Waals surface area contributed by atoms with E-state index >= 15 is 0 Å². The Labute approximate surface area is 152 Å². The van der Waals surface area contributed by atoms with Gasteiger partial charge in [-0.3, -0.25) is 14.6 Å². The molecule has 3 heterocycles. The van der Waals surface area contributed by atoms with Crippen molar-refractivity contribution in [2.24, 2.45) is 5.92 Å². The summed E-state index contributed by atoms with van der Waals surface area (Å²) in [7, 11) is 0. The number of piperazine rings is 1. The maximum atomic E-state index is 13.3. The standard InChI is InChI=1S/C19H36N4O2/c1-14(2)18(23-11-15(3)25-16(4)12-23)19(24)22-8-5-17(13-22)21-9-6-20-7-10-21/h14-18,20H,5-13H2,1-4H3. The number of likely N-dealkylation sites (tertiary alicyclic amines) is 1. The molecule has 0 radical (unpaired) electrons. The molecule has 3 aliphatic rings. The van der Waals surface area contributed by atoms with E-state index in [1.54, 1.807) is 0 Å². The lowest BCUT2D eigenvalue weighted by Crippen LogP contribution is -2.57. The molecule has 0 saturated carbocycles. The summed E-state index contributed by atoms with van der Waals surface area (Å²) in [5.41, 5.74) is 0. The van der Waals surface area contributed by atoms with Crippen LogP contribution in [0, 0.1) is 5.92 Å². The van der Waals surface area contributed by atoms with Crippen LogP contribution in [0.5, 0.6) is 0 Å². The van der Waals surface area contributed by atoms with Crippen molar-refractivity contribution in [3.8, 4) is 0 Å². The lowest BCUT2D eigenvalue weighted by molar-refractivity contribution is -0.144. The van der Waals surface area contributed by atoms with Gasteiger partial charge in [0.2, 0.25) is 5.91 Å². The second-order valence-electron chi connectivity index (χ2n) is 8.41. The Hall–Kier alpha value is -0.690. The van der Waals surface area contributed by atoms with Gasteiger partial charge in [0.1, 0.15) is 0 Å². The third kappa shape index (κ3) is 4.54. The molecule has 0 bridgehead atoms. The Balaban J connectivity index is 1.63. The Morgan fingerprint density at radius 1 is 1.04 bits per heavy atom. The molecule has 3 saturated heterocycles. The van der Waals surface area contributed by atoms with Gasteiger partial charge in [-0.25, -0.2) is 0 Å². The molecule has 4 unspecified atom stereocenters. The Morgan fingerprint density at radius 3 is 2.28 bits per heavy atom. The topological polar surface area (TPSA) is 48.1 Å². The molecule has 3 rings (SSSR count). The minimum Gasteiger partial charge on any atom is -0.373 e. The number of amides is 1. The van der Waals surface area contributed by atoms with Gasteiger partial charge in [-0.2, -0.15) is 0 Å². The predicted molar refractivity (Wildman–Crippen MR) is 99.6 cm³/mol. The summed E-state index contributed by atoms with van der Waals surface area (Å²) in [5, 5.41) is 3.42. The molecular formula is C19H36N4O2. The number of rotatable bonds is 4. The Morgan fingerprint density at radius 2 is 1.68 bits per heavy atom. The fourth-order valence-corrected chi connectivity index (χ4v) is 4.78. The van der Waals surface area contributed by atoms with Crippen LogP contribution in [0.4, 0.5) is 0 Å². The van der Waals surface area contributed by atoms with E-state index in [4.69, 9.17) is 4.74 Å². The monoisotopic (exact) mass is 352 g/mol. The number of nitrogens with zero attached hydrogens (tertiary/aromatic N) is 3. The average Bonchev–Trinajstić information content (AvgIpc) is 3.04. The highest BCUT2D eigenvalue weighted by Gasteiger charge is 2.39. The maximum absolute atomic E-state index is 13.3. The van der Waals surface area contributed by atoms with Crippen LogP contribution in [0.25, 0.3) is 0 Å². The zero-order valence-corrected chi connectivity index (χ0v) is 16.4. The molecule has 0 aromatic carbocycles. The van der Waals surface area contributed by atoms with Gasteiger partial charge in [-0.15, -0.1) is 0 Å². The first-order chi connectivity index (χ1) is 12.0. The third-order valence-corrected chi connectivity index (χ3v) is 5.87. The van der Waals surface area contributed by atoms with E-state index in [9.17, 15) is 4.79 Å². The molecule has 3 aliphatic heterocycles. The fraction of sp³-hybridized carbons (Fsp3) is 0.947. The van der Waals surface area contributed by atoms with E-state index in [-0.39, 0.29) is 18.2 Å². The van der Waals surface area contributed by atoms with Crippen molar-refractivity contribution in [1.29, 1.82) is 0 Å². The van der Waals surface area contributed by atoms with Crippen molar-refractivity contribution in [2.45, 2.75) is 58.4 Å². The molecule has 0 aromatic rings. The van der Waals surface area contributed by atoms with Gasteiger partial charge in [0.05, 0.1) is 18.2 Å². The molecule has 0 aliphatic carbocycles. The van der Waals surface area contributed by atoms with Crippen LogP contribution in [-0.2, 0) is 9.53 Å². The molecule has 0 spiro atoms. The molecule has 6 nitrogen and oxygen atoms in total. The fourth-order valence-electron chi connectivity index (χ4n) is 4.78. The van der Waals surface area contributed by atoms with Crippen molar-refractivity contribution in [1.82, 2.24) is 20.0 Å². The Bertz CT molecular complexity index is 443. The van der Waals surface area contributed by atoms with Crippen LogP contribution >= 0.6 is 0 Å². The van der Waals surface area contributed by atoms with E-state index in [1.165, 1.54) is 0 Å². The van der Waals surface area contributed by atoms with E-state index in [1.807, 2.05) is 0 Å². The van der Waals surface area contributed by atoms with E-state index < -0.39 is 0 Å². The van der Waals surface area contributed by atoms with E-state index in [0.29, 0.717) is 17.9 Å². The van der Waals surface area contributed by atoms with E-state index in [0.717, 1.165) is 58.8 Å². The highest BCUT2D eigenvalue weighted by Crippen LogP contribution is 2.23. The summed E-state index contributed by atoms with van der Waals surface area (Å²) >= 11 is 0. The first kappa shape index (κ1) is 19.1. The quantitative estimate of drug-likeness (QED) is 0.804. The van der Waals surface area contributed by atoms with Crippen LogP contribution in [-0.4, -0.2) is 97.3 Å². The number of ether oxygens (including phenoxy) is 1. The minimum atomic E-state index is -0.0180. The Kier molecular flexibility index (Phi) is 6.36. The molecule has 3 fully saturated rings. The number of carbonyl (C=O) groups excluding carboxylic acids is 1. The smallest absolute Gasteiger partial charge is 0.240 e. The lowest BCUT2D eigenvalue weighted by atomic mass is 9.99. The number of carbonyl (C=O) groups is 1. The van der Waals surface area contributed by atoms with Crippen molar-refractivity contribution in [3.63, 3.8) is 0 Å². The zero-order valence-electron chi connectivity index (χ0n) is 16.4. The zero-order chi connectivity index (χ0) is 18.0. The molecule has 144 valence electrons. The summed E-state index contributed by atoms with van der Waals surface area (Å²) in [6.07, 6.45) is 1.52. The molecule has 25 heavy (non-hydrogen) atoms. The first-order valence-electron chi connectivity index (χ1n) is 10.1. The summed E-state index contributed by atoms with van der Waals surface area (Å²) in [4.78, 5) is 20.4. The van der Waals surface area contributed by atoms with Crippen molar-refractivity contribution < 1.29 is 9.53 Å². The summed E-state index contributed by atoms with van der Waals surface area (Å²) in [6, 6.07) is 0.525. The second-order valence-corrected chi connectivity index (χ2v) is 8.41. The predicted octanol–water partition coefficient (Wildman–Crippen LogP) is 0.626. The largest absolute Gasteiger partial charge is 0.373 e. The number of nitrogens with one attached hydrogen (secondary N) is 1. The minimum absolute atomic E-state index is 0.0180. The van der Waals surface area contributed by atoms with E-state index in [2.05, 4.69) is 47.7 Å². The molecule has 4 atom stereocenters. The SMILES string of the molecule is CC1CN(C(C(=O)N2CCC(N3CCNCC3)C2)C(C)C)CC(C)O1. The highest BCUT2D eigenvalue weighted by atomic mass is 16.5. The van der Waals surface area contributed by atoms with Crippen LogP contribution in [0.1, 0.15) is 34.1 Å². The lowest BCUT2D eigenvalue weighted by Gasteiger charge is -2.42. The van der Waals surface area contributed by atoms with Crippen molar-refractivity contribution in [2.75, 3.05) is 52.4 Å². The summed E-state index contributed by atoms with van der Waals surface area (Å²) in [6.45, 7) is 16.5. The van der Waals surface area contributed by atoms with Gasteiger partial charge in [-0.05, 0) is 26.2 Å². The maximum Gasteiger partial charge on any atom is 0.240 e. The molecule has 1 amide bonds. The van der Waals surface area contributed by atoms with Crippen LogP contribution in [0.3, 0.4) is 0 Å². The van der Waals surface area contributed by atoms with Crippen LogP contribution in [0.2, 0.25) is 0 Å². The summed E-state index contributed by atoms with van der Waals surface area (Å²) < 4.78 is 5.87. The summed E-state index contributed by atoms with van der Waals surface area (Å²) in [5.74, 6) is 0.650. The third-order valence-electron chi connectivity index (χ3n) is 5.87. The molecule has 0 aromatic heterocycles. The average molecular weight is 353 g/mol. The van der Waals surface area contributed by atoms with Gasteiger partial charge in [0.15, 0.2) is 0 Å².